The normalized spacial score (nSPS) is 26.0. The van der Waals surface area contributed by atoms with Gasteiger partial charge in [-0.25, -0.2) is 0 Å². The Kier molecular flexibility index (Phi) is 4.51. The fourth-order valence-corrected chi connectivity index (χ4v) is 3.41. The zero-order valence-corrected chi connectivity index (χ0v) is 12.8. The van der Waals surface area contributed by atoms with Crippen LogP contribution in [-0.4, -0.2) is 20.2 Å². The second kappa shape index (κ2) is 5.96. The van der Waals surface area contributed by atoms with Gasteiger partial charge in [0.2, 0.25) is 0 Å². The van der Waals surface area contributed by atoms with Crippen molar-refractivity contribution in [2.75, 3.05) is 20.2 Å². The number of rotatable bonds is 6. The molecule has 1 N–H and O–H groups in total. The SMILES string of the molecule is CCCNCC1(c2ccc(C)c(OC)c2)CC(C)C1. The van der Waals surface area contributed by atoms with Crippen LogP contribution in [0.5, 0.6) is 5.75 Å². The van der Waals surface area contributed by atoms with Gasteiger partial charge in [0.1, 0.15) is 5.75 Å². The van der Waals surface area contributed by atoms with Crippen LogP contribution in [0.4, 0.5) is 0 Å². The number of methoxy groups -OCH3 is 1. The van der Waals surface area contributed by atoms with Crippen LogP contribution < -0.4 is 10.1 Å². The van der Waals surface area contributed by atoms with Gasteiger partial charge in [0.25, 0.3) is 0 Å². The van der Waals surface area contributed by atoms with Crippen LogP contribution in [-0.2, 0) is 5.41 Å². The summed E-state index contributed by atoms with van der Waals surface area (Å²) >= 11 is 0. The lowest BCUT2D eigenvalue weighted by atomic mass is 9.59. The Bertz CT molecular complexity index is 421. The Morgan fingerprint density at radius 3 is 2.68 bits per heavy atom. The molecule has 1 aliphatic rings. The lowest BCUT2D eigenvalue weighted by molar-refractivity contribution is 0.152. The molecular weight excluding hydrogens is 234 g/mol. The van der Waals surface area contributed by atoms with E-state index in [0.717, 1.165) is 24.8 Å². The first-order valence-electron chi connectivity index (χ1n) is 7.47. The molecule has 1 fully saturated rings. The smallest absolute Gasteiger partial charge is 0.122 e. The van der Waals surface area contributed by atoms with E-state index in [1.807, 2.05) is 0 Å². The molecule has 1 aromatic rings. The summed E-state index contributed by atoms with van der Waals surface area (Å²) in [6.45, 7) is 8.88. The van der Waals surface area contributed by atoms with E-state index in [2.05, 4.69) is 44.3 Å². The van der Waals surface area contributed by atoms with Crippen LogP contribution in [0.1, 0.15) is 44.2 Å². The molecule has 0 spiro atoms. The molecule has 0 aliphatic heterocycles. The van der Waals surface area contributed by atoms with Crippen molar-refractivity contribution in [1.29, 1.82) is 0 Å². The molecule has 106 valence electrons. The molecule has 0 heterocycles. The first kappa shape index (κ1) is 14.4. The number of hydrogen-bond donors (Lipinski definition) is 1. The standard InChI is InChI=1S/C17H27NO/c1-5-8-18-12-17(10-13(2)11-17)15-7-6-14(3)16(9-15)19-4/h6-7,9,13,18H,5,8,10-12H2,1-4H3. The van der Waals surface area contributed by atoms with Gasteiger partial charge in [0.05, 0.1) is 7.11 Å². The van der Waals surface area contributed by atoms with E-state index in [0.29, 0.717) is 5.41 Å². The summed E-state index contributed by atoms with van der Waals surface area (Å²) < 4.78 is 5.48. The summed E-state index contributed by atoms with van der Waals surface area (Å²) in [5.41, 5.74) is 2.99. The lowest BCUT2D eigenvalue weighted by Crippen LogP contribution is -2.48. The molecule has 0 bridgehead atoms. The van der Waals surface area contributed by atoms with Crippen molar-refractivity contribution in [3.05, 3.63) is 29.3 Å². The first-order valence-corrected chi connectivity index (χ1v) is 7.47. The van der Waals surface area contributed by atoms with Crippen molar-refractivity contribution in [1.82, 2.24) is 5.32 Å². The van der Waals surface area contributed by atoms with Crippen molar-refractivity contribution in [2.45, 2.75) is 45.4 Å². The summed E-state index contributed by atoms with van der Waals surface area (Å²) in [5, 5.41) is 3.61. The topological polar surface area (TPSA) is 21.3 Å². The van der Waals surface area contributed by atoms with E-state index in [1.165, 1.54) is 30.4 Å². The fraction of sp³-hybridized carbons (Fsp3) is 0.647. The number of hydrogen-bond acceptors (Lipinski definition) is 2. The molecule has 0 saturated heterocycles. The Hall–Kier alpha value is -1.02. The van der Waals surface area contributed by atoms with Gasteiger partial charge in [0, 0.05) is 12.0 Å². The Balaban J connectivity index is 2.19. The van der Waals surface area contributed by atoms with Gasteiger partial charge in [-0.3, -0.25) is 0 Å². The van der Waals surface area contributed by atoms with Gasteiger partial charge < -0.3 is 10.1 Å². The molecule has 0 amide bonds. The molecule has 0 atom stereocenters. The molecule has 19 heavy (non-hydrogen) atoms. The maximum Gasteiger partial charge on any atom is 0.122 e. The predicted octanol–water partition coefficient (Wildman–Crippen LogP) is 3.67. The van der Waals surface area contributed by atoms with E-state index in [-0.39, 0.29) is 0 Å². The third-order valence-electron chi connectivity index (χ3n) is 4.39. The minimum atomic E-state index is 0.329. The molecular formula is C17H27NO. The summed E-state index contributed by atoms with van der Waals surface area (Å²) in [5.74, 6) is 1.86. The molecule has 0 radical (unpaired) electrons. The summed E-state index contributed by atoms with van der Waals surface area (Å²) in [7, 11) is 1.76. The third kappa shape index (κ3) is 2.94. The van der Waals surface area contributed by atoms with Gasteiger partial charge in [-0.15, -0.1) is 0 Å². The average Bonchev–Trinajstić information content (AvgIpc) is 2.37. The van der Waals surface area contributed by atoms with Crippen LogP contribution in [0.3, 0.4) is 0 Å². The van der Waals surface area contributed by atoms with Crippen LogP contribution in [0, 0.1) is 12.8 Å². The van der Waals surface area contributed by atoms with E-state index < -0.39 is 0 Å². The largest absolute Gasteiger partial charge is 0.496 e. The molecule has 2 nitrogen and oxygen atoms in total. The Morgan fingerprint density at radius 1 is 1.37 bits per heavy atom. The van der Waals surface area contributed by atoms with Crippen molar-refractivity contribution >= 4 is 0 Å². The van der Waals surface area contributed by atoms with Gasteiger partial charge in [-0.1, -0.05) is 26.0 Å². The molecule has 0 aromatic heterocycles. The highest BCUT2D eigenvalue weighted by molar-refractivity contribution is 5.41. The summed E-state index contributed by atoms with van der Waals surface area (Å²) in [6, 6.07) is 6.73. The van der Waals surface area contributed by atoms with Crippen LogP contribution in [0.15, 0.2) is 18.2 Å². The number of ether oxygens (including phenoxy) is 1. The second-order valence-corrected chi connectivity index (χ2v) is 6.15. The Morgan fingerprint density at radius 2 is 2.11 bits per heavy atom. The van der Waals surface area contributed by atoms with Crippen molar-refractivity contribution in [2.24, 2.45) is 5.92 Å². The quantitative estimate of drug-likeness (QED) is 0.789. The van der Waals surface area contributed by atoms with Crippen molar-refractivity contribution < 1.29 is 4.74 Å². The maximum absolute atomic E-state index is 5.48. The van der Waals surface area contributed by atoms with Gasteiger partial charge in [0.15, 0.2) is 0 Å². The minimum absolute atomic E-state index is 0.329. The zero-order chi connectivity index (χ0) is 13.9. The van der Waals surface area contributed by atoms with Gasteiger partial charge in [-0.05, 0) is 55.8 Å². The number of nitrogens with one attached hydrogen (secondary N) is 1. The lowest BCUT2D eigenvalue weighted by Gasteiger charge is -2.47. The highest BCUT2D eigenvalue weighted by Gasteiger charge is 2.43. The molecule has 1 aliphatic carbocycles. The highest BCUT2D eigenvalue weighted by Crippen LogP contribution is 2.48. The van der Waals surface area contributed by atoms with E-state index in [1.54, 1.807) is 7.11 Å². The maximum atomic E-state index is 5.48. The zero-order valence-electron chi connectivity index (χ0n) is 12.8. The van der Waals surface area contributed by atoms with Crippen LogP contribution in [0.2, 0.25) is 0 Å². The van der Waals surface area contributed by atoms with E-state index >= 15 is 0 Å². The predicted molar refractivity (Wildman–Crippen MR) is 81.0 cm³/mol. The van der Waals surface area contributed by atoms with E-state index in [9.17, 15) is 0 Å². The Labute approximate surface area is 117 Å². The second-order valence-electron chi connectivity index (χ2n) is 6.15. The average molecular weight is 261 g/mol. The summed E-state index contributed by atoms with van der Waals surface area (Å²) in [6.07, 6.45) is 3.77. The minimum Gasteiger partial charge on any atom is -0.496 e. The molecule has 1 saturated carbocycles. The van der Waals surface area contributed by atoms with Crippen molar-refractivity contribution in [3.8, 4) is 5.75 Å². The van der Waals surface area contributed by atoms with Gasteiger partial charge >= 0.3 is 0 Å². The number of aryl methyl sites for hydroxylation is 1. The third-order valence-corrected chi connectivity index (χ3v) is 4.39. The van der Waals surface area contributed by atoms with Crippen LogP contribution >= 0.6 is 0 Å². The fourth-order valence-electron chi connectivity index (χ4n) is 3.41. The molecule has 2 rings (SSSR count). The molecule has 0 unspecified atom stereocenters. The monoisotopic (exact) mass is 261 g/mol. The first-order chi connectivity index (χ1) is 9.11. The summed E-state index contributed by atoms with van der Waals surface area (Å²) in [4.78, 5) is 0. The van der Waals surface area contributed by atoms with Crippen LogP contribution in [0.25, 0.3) is 0 Å². The molecule has 1 aromatic carbocycles. The van der Waals surface area contributed by atoms with E-state index in [4.69, 9.17) is 4.74 Å². The highest BCUT2D eigenvalue weighted by atomic mass is 16.5. The van der Waals surface area contributed by atoms with Gasteiger partial charge in [-0.2, -0.15) is 0 Å². The molecule has 2 heteroatoms. The number of benzene rings is 1. The van der Waals surface area contributed by atoms with Crippen molar-refractivity contribution in [3.63, 3.8) is 0 Å².